The topological polar surface area (TPSA) is 88.0 Å². The molecule has 4 aromatic carbocycles. The van der Waals surface area contributed by atoms with E-state index in [1.54, 1.807) is 24.3 Å². The minimum absolute atomic E-state index is 0.0534. The van der Waals surface area contributed by atoms with Crippen molar-refractivity contribution in [1.82, 2.24) is 5.32 Å². The third-order valence-electron chi connectivity index (χ3n) is 6.64. The zero-order valence-corrected chi connectivity index (χ0v) is 20.3. The van der Waals surface area contributed by atoms with Gasteiger partial charge < -0.3 is 25.0 Å². The summed E-state index contributed by atoms with van der Waals surface area (Å²) < 4.78 is 11.4. The highest BCUT2D eigenvalue weighted by atomic mass is 16.5. The zero-order chi connectivity index (χ0) is 25.6. The van der Waals surface area contributed by atoms with E-state index in [0.717, 1.165) is 27.8 Å². The van der Waals surface area contributed by atoms with Crippen LogP contribution in [-0.4, -0.2) is 35.6 Å². The normalized spacial score (nSPS) is 13.8. The van der Waals surface area contributed by atoms with E-state index in [1.165, 1.54) is 0 Å². The summed E-state index contributed by atoms with van der Waals surface area (Å²) in [6.07, 6.45) is -3.15. The van der Waals surface area contributed by atoms with Crippen LogP contribution >= 0.6 is 0 Å². The number of nitrogens with one attached hydrogen (secondary N) is 1. The minimum atomic E-state index is -1.25. The summed E-state index contributed by atoms with van der Waals surface area (Å²) in [4.78, 5) is 12.5. The highest BCUT2D eigenvalue weighted by Crippen LogP contribution is 2.44. The van der Waals surface area contributed by atoms with Crippen molar-refractivity contribution in [3.8, 4) is 16.9 Å². The number of benzene rings is 4. The molecule has 2 unspecified atom stereocenters. The van der Waals surface area contributed by atoms with Crippen molar-refractivity contribution in [3.63, 3.8) is 0 Å². The average Bonchev–Trinajstić information content (AvgIpc) is 3.27. The highest BCUT2D eigenvalue weighted by Gasteiger charge is 2.29. The molecule has 2 atom stereocenters. The molecule has 1 aliphatic rings. The van der Waals surface area contributed by atoms with E-state index in [1.807, 2.05) is 54.6 Å². The summed E-state index contributed by atoms with van der Waals surface area (Å²) in [6.45, 7) is 0.332. The summed E-state index contributed by atoms with van der Waals surface area (Å²) >= 11 is 0. The lowest BCUT2D eigenvalue weighted by Gasteiger charge is -2.21. The maximum Gasteiger partial charge on any atom is 0.407 e. The van der Waals surface area contributed by atoms with Crippen molar-refractivity contribution in [2.24, 2.45) is 0 Å². The van der Waals surface area contributed by atoms with Gasteiger partial charge in [0.1, 0.15) is 31.2 Å². The Balaban J connectivity index is 1.16. The Labute approximate surface area is 216 Å². The number of para-hydroxylation sites is 1. The van der Waals surface area contributed by atoms with E-state index in [-0.39, 0.29) is 19.1 Å². The third kappa shape index (κ3) is 5.50. The molecule has 0 aliphatic heterocycles. The molecule has 0 saturated carbocycles. The largest absolute Gasteiger partial charge is 0.489 e. The van der Waals surface area contributed by atoms with Crippen LogP contribution in [0.5, 0.6) is 5.75 Å². The maximum absolute atomic E-state index is 12.5. The van der Waals surface area contributed by atoms with Crippen molar-refractivity contribution in [2.45, 2.75) is 24.7 Å². The fraction of sp³-hybridized carbons (Fsp3) is 0.194. The van der Waals surface area contributed by atoms with Gasteiger partial charge >= 0.3 is 6.09 Å². The van der Waals surface area contributed by atoms with Gasteiger partial charge in [-0.15, -0.1) is 0 Å². The van der Waals surface area contributed by atoms with Gasteiger partial charge in [0.2, 0.25) is 0 Å². The second-order valence-corrected chi connectivity index (χ2v) is 9.03. The van der Waals surface area contributed by atoms with Crippen LogP contribution in [0.1, 0.15) is 34.3 Å². The molecule has 1 amide bonds. The molecule has 0 bridgehead atoms. The maximum atomic E-state index is 12.5. The fourth-order valence-electron chi connectivity index (χ4n) is 4.75. The summed E-state index contributed by atoms with van der Waals surface area (Å²) in [6, 6.07) is 32.9. The van der Waals surface area contributed by atoms with Crippen LogP contribution in [0, 0.1) is 0 Å². The molecular formula is C31H29NO5. The van der Waals surface area contributed by atoms with Crippen molar-refractivity contribution >= 4 is 6.09 Å². The first-order valence-corrected chi connectivity index (χ1v) is 12.3. The second kappa shape index (κ2) is 11.3. The quantitative estimate of drug-likeness (QED) is 0.297. The number of aliphatic hydroxyl groups excluding tert-OH is 2. The van der Waals surface area contributed by atoms with Crippen LogP contribution in [0.2, 0.25) is 0 Å². The lowest BCUT2D eigenvalue weighted by Crippen LogP contribution is -2.36. The molecule has 6 heteroatoms. The number of fused-ring (bicyclic) bond motifs is 3. The van der Waals surface area contributed by atoms with Crippen LogP contribution in [-0.2, 0) is 11.3 Å². The number of carbonyl (C=O) groups excluding carboxylic acids is 1. The molecule has 3 N–H and O–H groups in total. The fourth-order valence-corrected chi connectivity index (χ4v) is 4.75. The van der Waals surface area contributed by atoms with Gasteiger partial charge in [-0.05, 0) is 33.9 Å². The molecule has 188 valence electrons. The Morgan fingerprint density at radius 2 is 1.38 bits per heavy atom. The van der Waals surface area contributed by atoms with E-state index in [2.05, 4.69) is 29.6 Å². The number of rotatable bonds is 9. The van der Waals surface area contributed by atoms with E-state index in [0.29, 0.717) is 17.9 Å². The van der Waals surface area contributed by atoms with Crippen molar-refractivity contribution in [1.29, 1.82) is 0 Å². The van der Waals surface area contributed by atoms with Gasteiger partial charge in [-0.3, -0.25) is 0 Å². The van der Waals surface area contributed by atoms with Crippen LogP contribution < -0.4 is 10.1 Å². The number of carbonyl (C=O) groups is 1. The van der Waals surface area contributed by atoms with Crippen LogP contribution in [0.15, 0.2) is 103 Å². The standard InChI is InChI=1S/C31H29NO5/c33-28(30(34)26-16-8-9-17-29(26)36-19-21-10-2-1-3-11-21)18-32-31(35)37-20-27-24-14-6-4-12-22(24)23-13-5-7-15-25(23)27/h1-17,27-28,30,33-34H,18-20H2,(H,32,35). The van der Waals surface area contributed by atoms with Crippen LogP contribution in [0.4, 0.5) is 4.79 Å². The summed E-state index contributed by atoms with van der Waals surface area (Å²) in [7, 11) is 0. The molecule has 0 fully saturated rings. The Hall–Kier alpha value is -4.13. The monoisotopic (exact) mass is 495 g/mol. The molecule has 0 heterocycles. The summed E-state index contributed by atoms with van der Waals surface area (Å²) in [5.74, 6) is 0.418. The first-order valence-electron chi connectivity index (χ1n) is 12.3. The lowest BCUT2D eigenvalue weighted by molar-refractivity contribution is 0.0168. The van der Waals surface area contributed by atoms with Crippen molar-refractivity contribution in [3.05, 3.63) is 125 Å². The molecular weight excluding hydrogens is 466 g/mol. The number of hydrogen-bond donors (Lipinski definition) is 3. The van der Waals surface area contributed by atoms with Gasteiger partial charge in [-0.25, -0.2) is 4.79 Å². The number of alkyl carbamates (subject to hydrolysis) is 1. The minimum Gasteiger partial charge on any atom is -0.489 e. The molecule has 5 rings (SSSR count). The predicted molar refractivity (Wildman–Crippen MR) is 141 cm³/mol. The third-order valence-corrected chi connectivity index (χ3v) is 6.64. The summed E-state index contributed by atoms with van der Waals surface area (Å²) in [5, 5.41) is 23.9. The molecule has 0 spiro atoms. The lowest BCUT2D eigenvalue weighted by atomic mass is 9.98. The SMILES string of the molecule is O=C(NCC(O)C(O)c1ccccc1OCc1ccccc1)OCC1c2ccccc2-c2ccccc21. The number of ether oxygens (including phenoxy) is 2. The first-order chi connectivity index (χ1) is 18.1. The number of amides is 1. The van der Waals surface area contributed by atoms with E-state index < -0.39 is 18.3 Å². The van der Waals surface area contributed by atoms with Crippen molar-refractivity contribution < 1.29 is 24.5 Å². The van der Waals surface area contributed by atoms with Gasteiger partial charge in [0, 0.05) is 18.0 Å². The van der Waals surface area contributed by atoms with E-state index in [9.17, 15) is 15.0 Å². The van der Waals surface area contributed by atoms with E-state index in [4.69, 9.17) is 9.47 Å². The van der Waals surface area contributed by atoms with Crippen LogP contribution in [0.3, 0.4) is 0 Å². The molecule has 4 aromatic rings. The molecule has 0 radical (unpaired) electrons. The smallest absolute Gasteiger partial charge is 0.407 e. The number of aliphatic hydroxyl groups is 2. The molecule has 0 aromatic heterocycles. The zero-order valence-electron chi connectivity index (χ0n) is 20.3. The molecule has 0 saturated heterocycles. The molecule has 37 heavy (non-hydrogen) atoms. The summed E-state index contributed by atoms with van der Waals surface area (Å²) in [5.41, 5.74) is 5.99. The molecule has 6 nitrogen and oxygen atoms in total. The Morgan fingerprint density at radius 3 is 2.08 bits per heavy atom. The average molecular weight is 496 g/mol. The number of hydrogen-bond acceptors (Lipinski definition) is 5. The second-order valence-electron chi connectivity index (χ2n) is 9.03. The van der Waals surface area contributed by atoms with Gasteiger partial charge in [-0.1, -0.05) is 97.1 Å². The van der Waals surface area contributed by atoms with Crippen LogP contribution in [0.25, 0.3) is 11.1 Å². The Bertz CT molecular complexity index is 1310. The Morgan fingerprint density at radius 1 is 0.784 bits per heavy atom. The highest BCUT2D eigenvalue weighted by molar-refractivity contribution is 5.79. The van der Waals surface area contributed by atoms with Gasteiger partial charge in [0.15, 0.2) is 0 Å². The van der Waals surface area contributed by atoms with Gasteiger partial charge in [0.25, 0.3) is 0 Å². The first kappa shape index (κ1) is 24.6. The predicted octanol–water partition coefficient (Wildman–Crippen LogP) is 5.20. The van der Waals surface area contributed by atoms with Gasteiger partial charge in [-0.2, -0.15) is 0 Å². The van der Waals surface area contributed by atoms with Gasteiger partial charge in [0.05, 0.1) is 0 Å². The van der Waals surface area contributed by atoms with E-state index >= 15 is 0 Å². The van der Waals surface area contributed by atoms with Crippen molar-refractivity contribution in [2.75, 3.05) is 13.2 Å². The Kier molecular flexibility index (Phi) is 7.49. The molecule has 1 aliphatic carbocycles.